The van der Waals surface area contributed by atoms with E-state index >= 15 is 4.39 Å². The summed E-state index contributed by atoms with van der Waals surface area (Å²) in [5.74, 6) is -1.99. The average molecular weight is 644 g/mol. The lowest BCUT2D eigenvalue weighted by molar-refractivity contribution is -0.131. The van der Waals surface area contributed by atoms with Gasteiger partial charge in [0.05, 0.1) is 29.5 Å². The Morgan fingerprint density at radius 3 is 2.85 bits per heavy atom. The maximum Gasteiger partial charge on any atom is 0.319 e. The summed E-state index contributed by atoms with van der Waals surface area (Å²) in [4.78, 5) is 31.7. The van der Waals surface area contributed by atoms with Crippen LogP contribution in [0.1, 0.15) is 36.8 Å². The molecule has 12 heteroatoms. The molecule has 0 spiro atoms. The lowest BCUT2D eigenvalue weighted by Gasteiger charge is -2.41. The number of piperazine rings is 1. The number of alkyl halides is 1. The first-order valence-corrected chi connectivity index (χ1v) is 16.1. The van der Waals surface area contributed by atoms with Gasteiger partial charge in [0.15, 0.2) is 11.6 Å². The highest BCUT2D eigenvalue weighted by Gasteiger charge is 2.49. The zero-order valence-corrected chi connectivity index (χ0v) is 26.1. The van der Waals surface area contributed by atoms with E-state index in [1.165, 1.54) is 4.90 Å². The second-order valence-electron chi connectivity index (χ2n) is 13.1. The van der Waals surface area contributed by atoms with Gasteiger partial charge in [-0.2, -0.15) is 15.2 Å². The third-order valence-electron chi connectivity index (χ3n) is 10.3. The molecule has 7 rings (SSSR count). The van der Waals surface area contributed by atoms with Crippen LogP contribution < -0.4 is 9.64 Å². The van der Waals surface area contributed by atoms with E-state index < -0.39 is 35.3 Å². The van der Waals surface area contributed by atoms with Crippen molar-refractivity contribution in [1.29, 1.82) is 5.26 Å². The molecular weight excluding hydrogens is 607 g/mol. The number of fused-ring (bicyclic) bond motifs is 3. The van der Waals surface area contributed by atoms with E-state index in [4.69, 9.17) is 9.72 Å². The van der Waals surface area contributed by atoms with Gasteiger partial charge in [-0.1, -0.05) is 30.9 Å². The van der Waals surface area contributed by atoms with Crippen molar-refractivity contribution in [2.75, 3.05) is 44.2 Å². The van der Waals surface area contributed by atoms with E-state index in [9.17, 15) is 18.8 Å². The minimum absolute atomic E-state index is 0.0221. The molecule has 0 N–H and O–H groups in total. The van der Waals surface area contributed by atoms with E-state index in [2.05, 4.69) is 34.1 Å². The van der Waals surface area contributed by atoms with Crippen LogP contribution in [0.15, 0.2) is 49.5 Å². The number of carbonyl (C=O) groups excluding carboxylic acids is 1. The minimum atomic E-state index is -1.10. The highest BCUT2D eigenvalue weighted by molar-refractivity contribution is 5.93. The molecule has 3 saturated heterocycles. The first-order chi connectivity index (χ1) is 22.7. The van der Waals surface area contributed by atoms with Gasteiger partial charge < -0.3 is 14.5 Å². The summed E-state index contributed by atoms with van der Waals surface area (Å²) >= 11 is 0. The molecule has 9 nitrogen and oxygen atoms in total. The monoisotopic (exact) mass is 643 g/mol. The number of halogens is 3. The van der Waals surface area contributed by atoms with Crippen LogP contribution in [-0.4, -0.2) is 87.7 Å². The van der Waals surface area contributed by atoms with E-state index in [-0.39, 0.29) is 55.8 Å². The molecule has 0 saturated carbocycles. The lowest BCUT2D eigenvalue weighted by Crippen LogP contribution is -2.55. The molecule has 0 bridgehead atoms. The molecule has 5 heterocycles. The number of hydrogen-bond donors (Lipinski definition) is 0. The number of nitrogens with zero attached hydrogens (tertiary/aromatic N) is 7. The van der Waals surface area contributed by atoms with Gasteiger partial charge >= 0.3 is 6.01 Å². The quantitative estimate of drug-likeness (QED) is 0.247. The fourth-order valence-electron chi connectivity index (χ4n) is 7.99. The van der Waals surface area contributed by atoms with Crippen molar-refractivity contribution in [3.63, 3.8) is 0 Å². The Labute approximate surface area is 271 Å². The van der Waals surface area contributed by atoms with Gasteiger partial charge in [0, 0.05) is 44.4 Å². The maximum absolute atomic E-state index is 16.7. The number of pyridine rings is 1. The molecule has 1 aliphatic carbocycles. The number of allylic oxidation sites excluding steroid dienone is 1. The predicted molar refractivity (Wildman–Crippen MR) is 171 cm³/mol. The molecule has 2 aromatic heterocycles. The van der Waals surface area contributed by atoms with Crippen LogP contribution in [-0.2, 0) is 17.6 Å². The highest BCUT2D eigenvalue weighted by Crippen LogP contribution is 2.41. The summed E-state index contributed by atoms with van der Waals surface area (Å²) in [6.07, 6.45) is 6.13. The number of carbonyl (C=O) groups is 1. The number of ether oxygens (including phenoxy) is 1. The number of benzene rings is 1. The third kappa shape index (κ3) is 5.50. The fraction of sp³-hybridized carbons (Fsp3) is 0.457. The molecule has 1 aromatic carbocycles. The summed E-state index contributed by atoms with van der Waals surface area (Å²) in [5.41, 5.74) is 2.59. The largest absolute Gasteiger partial charge is 0.461 e. The van der Waals surface area contributed by atoms with Crippen molar-refractivity contribution in [3.8, 4) is 23.3 Å². The zero-order valence-electron chi connectivity index (χ0n) is 26.1. The van der Waals surface area contributed by atoms with Crippen molar-refractivity contribution in [2.45, 2.75) is 56.3 Å². The average Bonchev–Trinajstić information content (AvgIpc) is 3.75. The lowest BCUT2D eigenvalue weighted by atomic mass is 9.95. The van der Waals surface area contributed by atoms with Crippen LogP contribution in [0.2, 0.25) is 0 Å². The van der Waals surface area contributed by atoms with Gasteiger partial charge in [-0.05, 0) is 49.3 Å². The van der Waals surface area contributed by atoms with Crippen LogP contribution in [0.5, 0.6) is 6.01 Å². The van der Waals surface area contributed by atoms with E-state index in [1.54, 1.807) is 6.20 Å². The van der Waals surface area contributed by atoms with E-state index in [0.717, 1.165) is 43.4 Å². The molecule has 0 radical (unpaired) electrons. The second kappa shape index (κ2) is 12.3. The first-order valence-electron chi connectivity index (χ1n) is 16.1. The highest BCUT2D eigenvalue weighted by atomic mass is 19.1. The Kier molecular flexibility index (Phi) is 8.12. The van der Waals surface area contributed by atoms with Crippen LogP contribution >= 0.6 is 0 Å². The first kappa shape index (κ1) is 31.1. The maximum atomic E-state index is 16.7. The Balaban J connectivity index is 1.30. The Morgan fingerprint density at radius 2 is 2.06 bits per heavy atom. The second-order valence-corrected chi connectivity index (χ2v) is 13.1. The van der Waals surface area contributed by atoms with Crippen molar-refractivity contribution in [1.82, 2.24) is 24.8 Å². The summed E-state index contributed by atoms with van der Waals surface area (Å²) in [7, 11) is 0. The molecule has 244 valence electrons. The van der Waals surface area contributed by atoms with Crippen LogP contribution in [0.3, 0.4) is 0 Å². The SMILES string of the molecule is C=C[C@@H]1Cc2cccc(-c3ncc4c(N5CCN(C(=O)C(=C)F)[C@@H](CC#N)C5)nc(OC[C@@]56CCCN5C[C@H](F)C6)nc4c3F)c2C1. The number of anilines is 1. The number of amides is 1. The summed E-state index contributed by atoms with van der Waals surface area (Å²) in [6, 6.07) is 7.18. The molecule has 1 amide bonds. The number of aromatic nitrogens is 3. The molecule has 3 aromatic rings. The van der Waals surface area contributed by atoms with Crippen molar-refractivity contribution >= 4 is 22.6 Å². The van der Waals surface area contributed by atoms with Gasteiger partial charge in [-0.3, -0.25) is 14.7 Å². The fourth-order valence-corrected chi connectivity index (χ4v) is 7.99. The van der Waals surface area contributed by atoms with Crippen LogP contribution in [0.25, 0.3) is 22.2 Å². The molecule has 47 heavy (non-hydrogen) atoms. The predicted octanol–water partition coefficient (Wildman–Crippen LogP) is 5.10. The third-order valence-corrected chi connectivity index (χ3v) is 10.3. The van der Waals surface area contributed by atoms with Crippen molar-refractivity contribution < 1.29 is 22.7 Å². The van der Waals surface area contributed by atoms with E-state index in [1.807, 2.05) is 29.2 Å². The summed E-state index contributed by atoms with van der Waals surface area (Å²) in [6.45, 7) is 8.86. The zero-order chi connectivity index (χ0) is 32.9. The van der Waals surface area contributed by atoms with Gasteiger partial charge in [0.25, 0.3) is 5.91 Å². The topological polar surface area (TPSA) is 98.5 Å². The molecule has 0 unspecified atom stereocenters. The van der Waals surface area contributed by atoms with Crippen LogP contribution in [0, 0.1) is 23.1 Å². The Morgan fingerprint density at radius 1 is 1.21 bits per heavy atom. The Hall–Kier alpha value is -4.50. The number of rotatable bonds is 8. The standard InChI is InChI=1S/C35H36F3N7O2/c1-3-22-14-23-6-4-7-26(27(23)15-22)30-29(38)31-28(17-40-30)32(43-12-13-45(33(46)21(2)36)25(19-43)8-10-39)42-34(41-31)47-20-35-9-5-11-44(35)18-24(37)16-35/h3-4,6-7,17,22,24-25H,1-2,5,8-9,11-16,18-20H2/t22-,24-,25+,35+/m1/s1. The Bertz CT molecular complexity index is 1810. The van der Waals surface area contributed by atoms with Gasteiger partial charge in [0.1, 0.15) is 29.8 Å². The van der Waals surface area contributed by atoms with Gasteiger partial charge in [-0.25, -0.2) is 13.2 Å². The smallest absolute Gasteiger partial charge is 0.319 e. The van der Waals surface area contributed by atoms with Gasteiger partial charge in [-0.15, -0.1) is 6.58 Å². The summed E-state index contributed by atoms with van der Waals surface area (Å²) < 4.78 is 51.3. The minimum Gasteiger partial charge on any atom is -0.461 e. The molecule has 3 aliphatic heterocycles. The molecule has 4 atom stereocenters. The van der Waals surface area contributed by atoms with Gasteiger partial charge in [0.2, 0.25) is 0 Å². The summed E-state index contributed by atoms with van der Waals surface area (Å²) in [5, 5.41) is 9.84. The van der Waals surface area contributed by atoms with Crippen molar-refractivity contribution in [3.05, 3.63) is 66.4 Å². The number of hydrogen-bond acceptors (Lipinski definition) is 8. The molecule has 4 aliphatic rings. The normalized spacial score (nSPS) is 25.4. The van der Waals surface area contributed by atoms with Crippen molar-refractivity contribution in [2.24, 2.45) is 5.92 Å². The van der Waals surface area contributed by atoms with Crippen LogP contribution in [0.4, 0.5) is 19.0 Å². The number of nitriles is 1. The van der Waals surface area contributed by atoms with E-state index in [0.29, 0.717) is 29.7 Å². The molecule has 3 fully saturated rings. The molecular formula is C35H36F3N7O2.